The van der Waals surface area contributed by atoms with E-state index in [0.717, 1.165) is 4.90 Å². The van der Waals surface area contributed by atoms with Crippen molar-refractivity contribution in [3.05, 3.63) is 16.9 Å². The van der Waals surface area contributed by atoms with E-state index in [1.165, 1.54) is 18.1 Å². The van der Waals surface area contributed by atoms with Crippen LogP contribution in [0, 0.1) is 0 Å². The molecule has 1 fully saturated rings. The van der Waals surface area contributed by atoms with Gasteiger partial charge in [0.05, 0.1) is 0 Å². The summed E-state index contributed by atoms with van der Waals surface area (Å²) in [6.45, 7) is 0.561. The Kier molecular flexibility index (Phi) is 3.18. The minimum atomic E-state index is -1.14. The quantitative estimate of drug-likeness (QED) is 0.665. The van der Waals surface area contributed by atoms with Gasteiger partial charge in [-0.15, -0.1) is 5.10 Å². The molecule has 3 heterocycles. The lowest BCUT2D eigenvalue weighted by molar-refractivity contribution is -0.158. The molecule has 0 unspecified atom stereocenters. The van der Waals surface area contributed by atoms with Gasteiger partial charge in [-0.25, -0.2) is 9.48 Å². The molecule has 1 saturated heterocycles. The van der Waals surface area contributed by atoms with Crippen molar-refractivity contribution in [1.29, 1.82) is 0 Å². The Labute approximate surface area is 117 Å². The number of hydrogen-bond donors (Lipinski definition) is 2. The van der Waals surface area contributed by atoms with E-state index < -0.39 is 23.4 Å². The van der Waals surface area contributed by atoms with Crippen LogP contribution in [0.25, 0.3) is 0 Å². The first kappa shape index (κ1) is 13.1. The second-order valence-corrected chi connectivity index (χ2v) is 5.63. The first-order valence-corrected chi connectivity index (χ1v) is 6.82. The lowest BCUT2D eigenvalue weighted by atomic mass is 10.1. The van der Waals surface area contributed by atoms with Crippen molar-refractivity contribution in [3.8, 4) is 0 Å². The molecule has 0 saturated carbocycles. The van der Waals surface area contributed by atoms with Gasteiger partial charge >= 0.3 is 5.97 Å². The fourth-order valence-electron chi connectivity index (χ4n) is 2.22. The van der Waals surface area contributed by atoms with Crippen molar-refractivity contribution in [2.75, 3.05) is 0 Å². The number of nitrogens with zero attached hydrogens (tertiary/aromatic N) is 5. The molecule has 106 valence electrons. The van der Waals surface area contributed by atoms with Gasteiger partial charge in [-0.3, -0.25) is 9.69 Å². The topological polar surface area (TPSA) is 121 Å². The van der Waals surface area contributed by atoms with E-state index in [0.29, 0.717) is 24.3 Å². The molecule has 0 bridgehead atoms. The van der Waals surface area contributed by atoms with Crippen LogP contribution in [0.15, 0.2) is 16.9 Å². The summed E-state index contributed by atoms with van der Waals surface area (Å²) >= 11 is 1.24. The third-order valence-electron chi connectivity index (χ3n) is 3.17. The van der Waals surface area contributed by atoms with E-state index in [1.54, 1.807) is 4.68 Å². The highest BCUT2D eigenvalue weighted by molar-refractivity contribution is 8.04. The average molecular weight is 297 g/mol. The van der Waals surface area contributed by atoms with Crippen LogP contribution in [0.5, 0.6) is 0 Å². The number of amides is 1. The van der Waals surface area contributed by atoms with Crippen molar-refractivity contribution in [2.24, 2.45) is 0 Å². The lowest BCUT2D eigenvalue weighted by Gasteiger charge is -2.38. The maximum atomic E-state index is 11.5. The molecule has 20 heavy (non-hydrogen) atoms. The second-order valence-electron chi connectivity index (χ2n) is 4.41. The zero-order chi connectivity index (χ0) is 14.3. The highest BCUT2D eigenvalue weighted by Gasteiger charge is 2.55. The minimum Gasteiger partial charge on any atom is -0.477 e. The fraction of sp³-hybridized carbons (Fsp3) is 0.500. The third-order valence-corrected chi connectivity index (χ3v) is 4.56. The number of fused-ring (bicyclic) bond motifs is 1. The van der Waals surface area contributed by atoms with Gasteiger partial charge in [0.15, 0.2) is 6.10 Å². The molecule has 2 N–H and O–H groups in total. The molecule has 0 aromatic carbocycles. The Hall–Kier alpha value is -1.94. The number of carboxylic acids is 1. The summed E-state index contributed by atoms with van der Waals surface area (Å²) in [4.78, 5) is 24.5. The number of β-lactam (4-membered cyclic amide) rings is 1. The number of aryl methyl sites for hydroxylation is 1. The van der Waals surface area contributed by atoms with E-state index in [1.807, 2.05) is 0 Å². The van der Waals surface area contributed by atoms with Crippen LogP contribution < -0.4 is 0 Å². The standard InChI is InChI=1S/C10H11N5O4S/c16-7-8(17)15-6(10(18)19)5(20-9(7)15)2-1-3-14-4-11-12-13-14/h4,7,9,16H,1-3H2,(H,18,19)/t7-,9+/m0/s1. The highest BCUT2D eigenvalue weighted by Crippen LogP contribution is 2.47. The molecular formula is C10H11N5O4S. The smallest absolute Gasteiger partial charge is 0.353 e. The minimum absolute atomic E-state index is 0.00739. The summed E-state index contributed by atoms with van der Waals surface area (Å²) in [7, 11) is 0. The highest BCUT2D eigenvalue weighted by atomic mass is 32.2. The number of tetrazole rings is 1. The van der Waals surface area contributed by atoms with Crippen LogP contribution in [0.1, 0.15) is 12.8 Å². The molecule has 2 aliphatic rings. The van der Waals surface area contributed by atoms with Gasteiger partial charge in [-0.2, -0.15) is 0 Å². The average Bonchev–Trinajstić information content (AvgIpc) is 3.04. The molecule has 9 nitrogen and oxygen atoms in total. The molecule has 10 heteroatoms. The van der Waals surface area contributed by atoms with Crippen LogP contribution in [-0.2, 0) is 16.1 Å². The molecule has 1 aromatic rings. The van der Waals surface area contributed by atoms with Gasteiger partial charge in [-0.05, 0) is 23.3 Å². The molecule has 2 atom stereocenters. The number of hydrogen-bond acceptors (Lipinski definition) is 7. The maximum absolute atomic E-state index is 11.5. The Morgan fingerprint density at radius 2 is 2.30 bits per heavy atom. The van der Waals surface area contributed by atoms with Crippen LogP contribution in [-0.4, -0.2) is 58.7 Å². The van der Waals surface area contributed by atoms with Crippen molar-refractivity contribution >= 4 is 23.6 Å². The van der Waals surface area contributed by atoms with Crippen LogP contribution in [0.3, 0.4) is 0 Å². The molecule has 1 amide bonds. The van der Waals surface area contributed by atoms with Crippen molar-refractivity contribution in [1.82, 2.24) is 25.1 Å². The van der Waals surface area contributed by atoms with E-state index in [9.17, 15) is 19.8 Å². The van der Waals surface area contributed by atoms with Crippen molar-refractivity contribution < 1.29 is 19.8 Å². The van der Waals surface area contributed by atoms with Crippen LogP contribution in [0.4, 0.5) is 0 Å². The molecule has 1 aromatic heterocycles. The number of allylic oxidation sites excluding steroid dienone is 1. The second kappa shape index (κ2) is 4.87. The summed E-state index contributed by atoms with van der Waals surface area (Å²) in [6, 6.07) is 0. The van der Waals surface area contributed by atoms with Gasteiger partial charge in [0.2, 0.25) is 0 Å². The molecule has 0 aliphatic carbocycles. The molecule has 2 aliphatic heterocycles. The molecule has 3 rings (SSSR count). The van der Waals surface area contributed by atoms with Gasteiger partial charge in [0.25, 0.3) is 5.91 Å². The number of carbonyl (C=O) groups excluding carboxylic acids is 1. The van der Waals surface area contributed by atoms with E-state index >= 15 is 0 Å². The normalized spacial score (nSPS) is 24.9. The molecule has 0 spiro atoms. The van der Waals surface area contributed by atoms with E-state index in [4.69, 9.17) is 0 Å². The van der Waals surface area contributed by atoms with Gasteiger partial charge < -0.3 is 10.2 Å². The van der Waals surface area contributed by atoms with E-state index in [2.05, 4.69) is 15.5 Å². The third kappa shape index (κ3) is 1.96. The fourth-order valence-corrected chi connectivity index (χ4v) is 3.63. The monoisotopic (exact) mass is 297 g/mol. The summed E-state index contributed by atoms with van der Waals surface area (Å²) in [6.07, 6.45) is 1.52. The predicted octanol–water partition coefficient (Wildman–Crippen LogP) is -0.975. The van der Waals surface area contributed by atoms with Gasteiger partial charge in [0.1, 0.15) is 17.4 Å². The Balaban J connectivity index is 1.68. The number of rotatable bonds is 5. The SMILES string of the molecule is O=C(O)C1=C(CCCn2cnnn2)S[C@@H]2[C@@H](O)C(=O)N12. The number of aliphatic carboxylic acids is 1. The Morgan fingerprint density at radius 3 is 2.95 bits per heavy atom. The van der Waals surface area contributed by atoms with Gasteiger partial charge in [-0.1, -0.05) is 11.8 Å². The number of thioether (sulfide) groups is 1. The zero-order valence-corrected chi connectivity index (χ0v) is 11.0. The number of aliphatic hydroxyl groups excluding tert-OH is 1. The Bertz CT molecular complexity index is 586. The van der Waals surface area contributed by atoms with Crippen LogP contribution in [0.2, 0.25) is 0 Å². The summed E-state index contributed by atoms with van der Waals surface area (Å²) in [5.41, 5.74) is -0.00739. The van der Waals surface area contributed by atoms with Crippen molar-refractivity contribution in [2.45, 2.75) is 30.9 Å². The predicted molar refractivity (Wildman–Crippen MR) is 65.9 cm³/mol. The number of carbonyl (C=O) groups is 2. The maximum Gasteiger partial charge on any atom is 0.353 e. The first-order valence-electron chi connectivity index (χ1n) is 5.94. The number of aromatic nitrogens is 4. The number of aliphatic hydroxyl groups is 1. The summed E-state index contributed by atoms with van der Waals surface area (Å²) < 4.78 is 1.55. The summed E-state index contributed by atoms with van der Waals surface area (Å²) in [5.74, 6) is -1.69. The van der Waals surface area contributed by atoms with Crippen LogP contribution >= 0.6 is 11.8 Å². The molecular weight excluding hydrogens is 286 g/mol. The first-order chi connectivity index (χ1) is 9.59. The van der Waals surface area contributed by atoms with Gasteiger partial charge in [0, 0.05) is 11.4 Å². The lowest BCUT2D eigenvalue weighted by Crippen LogP contribution is -2.61. The zero-order valence-electron chi connectivity index (χ0n) is 10.2. The largest absolute Gasteiger partial charge is 0.477 e. The van der Waals surface area contributed by atoms with Crippen molar-refractivity contribution in [3.63, 3.8) is 0 Å². The Morgan fingerprint density at radius 1 is 1.50 bits per heavy atom. The van der Waals surface area contributed by atoms with E-state index in [-0.39, 0.29) is 5.70 Å². The summed E-state index contributed by atoms with van der Waals surface area (Å²) in [5, 5.41) is 29.0. The molecule has 0 radical (unpaired) electrons. The number of carboxylic acid groups (broad SMARTS) is 1.